The van der Waals surface area contributed by atoms with Crippen molar-refractivity contribution in [3.8, 4) is 0 Å². The number of aliphatic hydroxyl groups is 1. The van der Waals surface area contributed by atoms with Crippen LogP contribution in [0.15, 0.2) is 0 Å². The Hall–Kier alpha value is 0.170. The molecular weight excluding hydrogens is 344 g/mol. The minimum atomic E-state index is -0.171. The Bertz CT molecular complexity index is 477. The van der Waals surface area contributed by atoms with Crippen LogP contribution in [0.25, 0.3) is 0 Å². The molecular formula is C22H39ClN2O. The number of hydrogen-bond acceptors (Lipinski definition) is 3. The van der Waals surface area contributed by atoms with E-state index in [0.717, 1.165) is 18.9 Å². The molecule has 4 aliphatic rings. The molecule has 6 unspecified atom stereocenters. The molecule has 3 N–H and O–H groups in total. The van der Waals surface area contributed by atoms with Crippen molar-refractivity contribution in [3.05, 3.63) is 0 Å². The Morgan fingerprint density at radius 3 is 2.50 bits per heavy atom. The molecule has 0 radical (unpaired) electrons. The minimum absolute atomic E-state index is 0.171. The van der Waals surface area contributed by atoms with Gasteiger partial charge in [0.15, 0.2) is 0 Å². The lowest BCUT2D eigenvalue weighted by molar-refractivity contribution is -0.0669. The number of halogens is 1. The number of aliphatic hydroxyl groups excluding tert-OH is 1. The Morgan fingerprint density at radius 1 is 1.00 bits per heavy atom. The van der Waals surface area contributed by atoms with Crippen molar-refractivity contribution >= 4 is 11.6 Å². The third-order valence-corrected chi connectivity index (χ3v) is 8.42. The maximum absolute atomic E-state index is 11.1. The third-order valence-electron chi connectivity index (χ3n) is 7.99. The summed E-state index contributed by atoms with van der Waals surface area (Å²) in [5.41, 5.74) is 0.248. The molecule has 3 nitrogen and oxygen atoms in total. The Kier molecular flexibility index (Phi) is 5.91. The van der Waals surface area contributed by atoms with E-state index < -0.39 is 0 Å². The predicted molar refractivity (Wildman–Crippen MR) is 109 cm³/mol. The minimum Gasteiger partial charge on any atom is -0.393 e. The first-order chi connectivity index (χ1) is 12.4. The highest BCUT2D eigenvalue weighted by Crippen LogP contribution is 2.46. The first-order valence-electron chi connectivity index (χ1n) is 11.2. The van der Waals surface area contributed by atoms with Crippen LogP contribution in [-0.2, 0) is 0 Å². The van der Waals surface area contributed by atoms with Crippen LogP contribution < -0.4 is 10.6 Å². The molecule has 6 atom stereocenters. The number of nitrogens with one attached hydrogen (secondary N) is 2. The van der Waals surface area contributed by atoms with E-state index in [1.807, 2.05) is 0 Å². The fourth-order valence-corrected chi connectivity index (χ4v) is 6.97. The second kappa shape index (κ2) is 7.89. The van der Waals surface area contributed by atoms with Gasteiger partial charge in [-0.3, -0.25) is 0 Å². The maximum Gasteiger partial charge on any atom is 0.0603 e. The highest BCUT2D eigenvalue weighted by atomic mass is 35.5. The maximum atomic E-state index is 11.1. The molecule has 0 spiro atoms. The van der Waals surface area contributed by atoms with Crippen molar-refractivity contribution in [3.63, 3.8) is 0 Å². The molecule has 26 heavy (non-hydrogen) atoms. The summed E-state index contributed by atoms with van der Waals surface area (Å²) in [4.78, 5) is 0. The smallest absolute Gasteiger partial charge is 0.0603 e. The second-order valence-corrected chi connectivity index (χ2v) is 11.2. The molecule has 1 saturated heterocycles. The summed E-state index contributed by atoms with van der Waals surface area (Å²) in [5.74, 6) is 1.86. The van der Waals surface area contributed by atoms with Crippen LogP contribution >= 0.6 is 11.6 Å². The highest BCUT2D eigenvalue weighted by molar-refractivity contribution is 6.20. The summed E-state index contributed by atoms with van der Waals surface area (Å²) in [7, 11) is 0. The summed E-state index contributed by atoms with van der Waals surface area (Å²) >= 11 is 6.30. The van der Waals surface area contributed by atoms with Crippen LogP contribution in [0.5, 0.6) is 0 Å². The molecule has 150 valence electrons. The molecule has 4 rings (SSSR count). The van der Waals surface area contributed by atoms with E-state index in [9.17, 15) is 5.11 Å². The average molecular weight is 383 g/mol. The zero-order valence-electron chi connectivity index (χ0n) is 16.7. The zero-order chi connectivity index (χ0) is 18.3. The summed E-state index contributed by atoms with van der Waals surface area (Å²) in [6.45, 7) is 5.78. The molecule has 0 aromatic rings. The molecule has 4 heteroatoms. The summed E-state index contributed by atoms with van der Waals surface area (Å²) in [6.07, 6.45) is 12.2. The van der Waals surface area contributed by atoms with Gasteiger partial charge >= 0.3 is 0 Å². The van der Waals surface area contributed by atoms with Gasteiger partial charge in [0.1, 0.15) is 0 Å². The zero-order valence-corrected chi connectivity index (χ0v) is 17.5. The Labute approximate surface area is 165 Å². The fraction of sp³-hybridized carbons (Fsp3) is 1.00. The number of piperidine rings is 1. The molecule has 1 heterocycles. The van der Waals surface area contributed by atoms with Crippen LogP contribution in [0.3, 0.4) is 0 Å². The summed E-state index contributed by atoms with van der Waals surface area (Å²) < 4.78 is 0. The van der Waals surface area contributed by atoms with Crippen molar-refractivity contribution in [2.75, 3.05) is 6.54 Å². The van der Waals surface area contributed by atoms with Gasteiger partial charge in [-0.1, -0.05) is 26.7 Å². The molecule has 4 fully saturated rings. The van der Waals surface area contributed by atoms with Gasteiger partial charge in [0, 0.05) is 29.4 Å². The lowest BCUT2D eigenvalue weighted by Crippen LogP contribution is -2.69. The van der Waals surface area contributed by atoms with Gasteiger partial charge in [0.05, 0.1) is 6.10 Å². The van der Waals surface area contributed by atoms with Crippen molar-refractivity contribution < 1.29 is 5.11 Å². The van der Waals surface area contributed by atoms with Crippen molar-refractivity contribution in [1.29, 1.82) is 0 Å². The van der Waals surface area contributed by atoms with Crippen molar-refractivity contribution in [2.24, 2.45) is 23.2 Å². The van der Waals surface area contributed by atoms with Gasteiger partial charge in [-0.05, 0) is 75.2 Å². The number of hydrogen-bond donors (Lipinski definition) is 3. The van der Waals surface area contributed by atoms with Crippen molar-refractivity contribution in [1.82, 2.24) is 10.6 Å². The van der Waals surface area contributed by atoms with Crippen LogP contribution in [0.1, 0.15) is 78.1 Å². The summed E-state index contributed by atoms with van der Waals surface area (Å²) in [5, 5.41) is 19.5. The largest absolute Gasteiger partial charge is 0.393 e. The molecule has 3 aliphatic carbocycles. The van der Waals surface area contributed by atoms with Crippen LogP contribution in [0.2, 0.25) is 0 Å². The van der Waals surface area contributed by atoms with E-state index in [1.54, 1.807) is 0 Å². The van der Waals surface area contributed by atoms with Gasteiger partial charge in [0.25, 0.3) is 0 Å². The first-order valence-corrected chi connectivity index (χ1v) is 11.7. The summed E-state index contributed by atoms with van der Waals surface area (Å²) in [6, 6.07) is 1.62. The predicted octanol–water partition coefficient (Wildman–Crippen LogP) is 4.07. The molecule has 1 aliphatic heterocycles. The van der Waals surface area contributed by atoms with Gasteiger partial charge < -0.3 is 15.7 Å². The monoisotopic (exact) mass is 382 g/mol. The van der Waals surface area contributed by atoms with E-state index in [0.29, 0.717) is 35.3 Å². The second-order valence-electron chi connectivity index (χ2n) is 10.6. The normalized spacial score (nSPS) is 48.5. The standard InChI is InChI=1S/C22H39ClN2O/c1-22(2)11-18-20(19(26)12-22)21(16-5-3-4-6-17(16)25-18)24-13-14-7-9-15(23)10-8-14/h14-21,24-26H,3-13H2,1-2H3. The number of rotatable bonds is 3. The van der Waals surface area contributed by atoms with E-state index in [1.165, 1.54) is 57.8 Å². The fourth-order valence-electron chi connectivity index (χ4n) is 6.72. The van der Waals surface area contributed by atoms with Crippen molar-refractivity contribution in [2.45, 2.75) is 108 Å². The highest BCUT2D eigenvalue weighted by Gasteiger charge is 2.51. The first kappa shape index (κ1) is 19.5. The van der Waals surface area contributed by atoms with E-state index in [4.69, 9.17) is 11.6 Å². The average Bonchev–Trinajstić information content (AvgIpc) is 2.59. The van der Waals surface area contributed by atoms with E-state index in [2.05, 4.69) is 24.5 Å². The number of alkyl halides is 1. The van der Waals surface area contributed by atoms with Gasteiger partial charge in [-0.15, -0.1) is 11.6 Å². The quantitative estimate of drug-likeness (QED) is 0.644. The lowest BCUT2D eigenvalue weighted by Gasteiger charge is -2.56. The molecule has 0 aromatic carbocycles. The van der Waals surface area contributed by atoms with E-state index in [-0.39, 0.29) is 11.5 Å². The van der Waals surface area contributed by atoms with Gasteiger partial charge in [0.2, 0.25) is 0 Å². The topological polar surface area (TPSA) is 44.3 Å². The Balaban J connectivity index is 1.47. The number of fused-ring (bicyclic) bond motifs is 2. The molecule has 3 saturated carbocycles. The molecule has 0 amide bonds. The SMILES string of the molecule is CC1(C)CC(O)C2C(C1)NC1CCCCC1C2NCC1CCC(Cl)CC1. The van der Waals surface area contributed by atoms with Crippen LogP contribution in [0, 0.1) is 23.2 Å². The van der Waals surface area contributed by atoms with Gasteiger partial charge in [-0.25, -0.2) is 0 Å². The van der Waals surface area contributed by atoms with Gasteiger partial charge in [-0.2, -0.15) is 0 Å². The van der Waals surface area contributed by atoms with Crippen LogP contribution in [0.4, 0.5) is 0 Å². The van der Waals surface area contributed by atoms with E-state index >= 15 is 0 Å². The van der Waals surface area contributed by atoms with Crippen LogP contribution in [-0.4, -0.2) is 41.3 Å². The molecule has 0 aromatic heterocycles. The third kappa shape index (κ3) is 4.11. The lowest BCUT2D eigenvalue weighted by atomic mass is 9.60. The molecule has 0 bridgehead atoms. The Morgan fingerprint density at radius 2 is 1.73 bits per heavy atom.